The fourth-order valence-corrected chi connectivity index (χ4v) is 6.06. The molecule has 0 saturated heterocycles. The summed E-state index contributed by atoms with van der Waals surface area (Å²) in [5.41, 5.74) is 1.45. The second-order valence-corrected chi connectivity index (χ2v) is 11.8. The fourth-order valence-electron chi connectivity index (χ4n) is 4.74. The van der Waals surface area contributed by atoms with Gasteiger partial charge in [-0.3, -0.25) is 0 Å². The summed E-state index contributed by atoms with van der Waals surface area (Å²) in [5.74, 6) is 0. The Morgan fingerprint density at radius 2 is 1.77 bits per heavy atom. The molecule has 0 atom stereocenters. The summed E-state index contributed by atoms with van der Waals surface area (Å²) in [4.78, 5) is 21.3. The van der Waals surface area contributed by atoms with Crippen molar-refractivity contribution in [2.75, 3.05) is 0 Å². The van der Waals surface area contributed by atoms with E-state index in [1.165, 1.54) is 3.97 Å². The first-order chi connectivity index (χ1) is 16.6. The minimum absolute atomic E-state index is 0.0645. The molecule has 1 N–H and O–H groups in total. The van der Waals surface area contributed by atoms with Crippen LogP contribution in [-0.4, -0.2) is 44.7 Å². The van der Waals surface area contributed by atoms with Crippen LogP contribution in [0.3, 0.4) is 0 Å². The van der Waals surface area contributed by atoms with E-state index in [-0.39, 0.29) is 23.1 Å². The minimum Gasteiger partial charge on any atom is -0.444 e. The van der Waals surface area contributed by atoms with Crippen molar-refractivity contribution in [3.63, 3.8) is 0 Å². The number of ether oxygens (including phenoxy) is 1. The molecule has 1 aliphatic carbocycles. The molecule has 0 spiro atoms. The van der Waals surface area contributed by atoms with Gasteiger partial charge in [-0.1, -0.05) is 18.2 Å². The largest absolute Gasteiger partial charge is 0.444 e. The van der Waals surface area contributed by atoms with Crippen LogP contribution in [0.25, 0.3) is 22.1 Å². The summed E-state index contributed by atoms with van der Waals surface area (Å²) >= 11 is 0. The number of nitrogens with one attached hydrogen (secondary N) is 1. The lowest BCUT2D eigenvalue weighted by atomic mass is 9.91. The molecule has 10 heteroatoms. The molecule has 9 nitrogen and oxygen atoms in total. The van der Waals surface area contributed by atoms with Crippen LogP contribution in [-0.2, 0) is 14.8 Å². The first-order valence-electron chi connectivity index (χ1n) is 11.8. The van der Waals surface area contributed by atoms with Gasteiger partial charge in [-0.2, -0.15) is 0 Å². The Bertz CT molecular complexity index is 1480. The van der Waals surface area contributed by atoms with Crippen molar-refractivity contribution in [3.8, 4) is 0 Å². The second-order valence-electron chi connectivity index (χ2n) is 9.96. The number of carbonyl (C=O) groups is 1. The standard InChI is InChI=1S/C25H29N5O4S/c1-25(2,3)34-24(31)28-17-9-11-18(12-10-17)29-16-27-21-15-26-23-20(22(21)29)13-14-30(23)35(32,33)19-7-5-4-6-8-19/h4-8,13-18H,9-12H2,1-3H3,(H,28,31). The van der Waals surface area contributed by atoms with Crippen molar-refractivity contribution in [3.05, 3.63) is 55.1 Å². The molecular weight excluding hydrogens is 466 g/mol. The van der Waals surface area contributed by atoms with Gasteiger partial charge in [0.05, 0.1) is 22.9 Å². The van der Waals surface area contributed by atoms with Gasteiger partial charge < -0.3 is 14.6 Å². The Balaban J connectivity index is 1.41. The maximum atomic E-state index is 13.2. The fraction of sp³-hybridized carbons (Fsp3) is 0.400. The Hall–Kier alpha value is -3.40. The maximum Gasteiger partial charge on any atom is 0.407 e. The smallest absolute Gasteiger partial charge is 0.407 e. The minimum atomic E-state index is -3.77. The van der Waals surface area contributed by atoms with Gasteiger partial charge in [0.25, 0.3) is 10.0 Å². The molecule has 5 rings (SSSR count). The van der Waals surface area contributed by atoms with Crippen LogP contribution in [0.2, 0.25) is 0 Å². The molecule has 0 aliphatic heterocycles. The average Bonchev–Trinajstić information content (AvgIpc) is 3.43. The maximum absolute atomic E-state index is 13.2. The number of amides is 1. The molecule has 1 amide bonds. The number of carbonyl (C=O) groups excluding carboxylic acids is 1. The zero-order valence-electron chi connectivity index (χ0n) is 20.0. The van der Waals surface area contributed by atoms with Crippen molar-refractivity contribution in [1.82, 2.24) is 23.8 Å². The van der Waals surface area contributed by atoms with E-state index >= 15 is 0 Å². The van der Waals surface area contributed by atoms with E-state index in [2.05, 4.69) is 19.9 Å². The predicted molar refractivity (Wildman–Crippen MR) is 133 cm³/mol. The van der Waals surface area contributed by atoms with Gasteiger partial charge >= 0.3 is 6.09 Å². The molecule has 184 valence electrons. The lowest BCUT2D eigenvalue weighted by Gasteiger charge is -2.31. The van der Waals surface area contributed by atoms with E-state index in [0.717, 1.165) is 42.1 Å². The van der Waals surface area contributed by atoms with Gasteiger partial charge in [-0.05, 0) is 64.7 Å². The summed E-state index contributed by atoms with van der Waals surface area (Å²) in [6.45, 7) is 5.55. The van der Waals surface area contributed by atoms with Crippen LogP contribution in [0.15, 0.2) is 60.0 Å². The van der Waals surface area contributed by atoms with Gasteiger partial charge in [0.15, 0.2) is 5.65 Å². The monoisotopic (exact) mass is 495 g/mol. The van der Waals surface area contributed by atoms with E-state index in [9.17, 15) is 13.2 Å². The van der Waals surface area contributed by atoms with Crippen LogP contribution in [0.1, 0.15) is 52.5 Å². The Morgan fingerprint density at radius 1 is 1.06 bits per heavy atom. The van der Waals surface area contributed by atoms with E-state index in [0.29, 0.717) is 5.65 Å². The highest BCUT2D eigenvalue weighted by molar-refractivity contribution is 7.90. The lowest BCUT2D eigenvalue weighted by molar-refractivity contribution is 0.0488. The van der Waals surface area contributed by atoms with Crippen LogP contribution >= 0.6 is 0 Å². The molecule has 1 aromatic carbocycles. The van der Waals surface area contributed by atoms with Gasteiger partial charge in [-0.15, -0.1) is 0 Å². The van der Waals surface area contributed by atoms with Crippen LogP contribution < -0.4 is 5.32 Å². The number of pyridine rings is 1. The van der Waals surface area contributed by atoms with Crippen LogP contribution in [0.5, 0.6) is 0 Å². The molecule has 35 heavy (non-hydrogen) atoms. The van der Waals surface area contributed by atoms with E-state index in [1.54, 1.807) is 55.1 Å². The number of hydrogen-bond donors (Lipinski definition) is 1. The highest BCUT2D eigenvalue weighted by atomic mass is 32.2. The highest BCUT2D eigenvalue weighted by Gasteiger charge is 2.28. The zero-order valence-corrected chi connectivity index (χ0v) is 20.8. The van der Waals surface area contributed by atoms with Crippen molar-refractivity contribution in [1.29, 1.82) is 0 Å². The first-order valence-corrected chi connectivity index (χ1v) is 13.2. The van der Waals surface area contributed by atoms with Crippen molar-refractivity contribution >= 4 is 38.2 Å². The number of rotatable bonds is 4. The summed E-state index contributed by atoms with van der Waals surface area (Å²) in [6.07, 6.45) is 7.96. The Kier molecular flexibility index (Phi) is 5.79. The number of alkyl carbamates (subject to hydrolysis) is 1. The molecule has 0 radical (unpaired) electrons. The number of fused-ring (bicyclic) bond motifs is 3. The molecule has 3 aromatic heterocycles. The molecule has 3 heterocycles. The topological polar surface area (TPSA) is 108 Å². The first kappa shape index (κ1) is 23.3. The third-order valence-electron chi connectivity index (χ3n) is 6.32. The van der Waals surface area contributed by atoms with Crippen molar-refractivity contribution in [2.45, 2.75) is 69.0 Å². The van der Waals surface area contributed by atoms with Gasteiger partial charge in [0, 0.05) is 23.7 Å². The Labute approximate surface area is 204 Å². The quantitative estimate of drug-likeness (QED) is 0.442. The third kappa shape index (κ3) is 4.50. The molecule has 0 unspecified atom stereocenters. The van der Waals surface area contributed by atoms with Gasteiger partial charge in [0.1, 0.15) is 11.1 Å². The molecule has 0 bridgehead atoms. The average molecular weight is 496 g/mol. The van der Waals surface area contributed by atoms with Gasteiger partial charge in [-0.25, -0.2) is 27.2 Å². The highest BCUT2D eigenvalue weighted by Crippen LogP contribution is 2.34. The third-order valence-corrected chi connectivity index (χ3v) is 8.00. The summed E-state index contributed by atoms with van der Waals surface area (Å²) in [7, 11) is -3.77. The van der Waals surface area contributed by atoms with Crippen LogP contribution in [0.4, 0.5) is 4.79 Å². The predicted octanol–water partition coefficient (Wildman–Crippen LogP) is 4.63. The van der Waals surface area contributed by atoms with E-state index < -0.39 is 15.6 Å². The molecule has 1 aliphatic rings. The van der Waals surface area contributed by atoms with E-state index in [4.69, 9.17) is 4.74 Å². The zero-order chi connectivity index (χ0) is 24.8. The van der Waals surface area contributed by atoms with Crippen molar-refractivity contribution in [2.24, 2.45) is 0 Å². The van der Waals surface area contributed by atoms with Gasteiger partial charge in [0.2, 0.25) is 0 Å². The second kappa shape index (κ2) is 8.67. The molecule has 4 aromatic rings. The normalized spacial score (nSPS) is 19.2. The SMILES string of the molecule is CC(C)(C)OC(=O)NC1CCC(n2cnc3cnc4c(ccn4S(=O)(=O)c4ccccc4)c32)CC1. The molecule has 1 fully saturated rings. The summed E-state index contributed by atoms with van der Waals surface area (Å²) in [5, 5.41) is 3.72. The lowest BCUT2D eigenvalue weighted by Crippen LogP contribution is -2.41. The van der Waals surface area contributed by atoms with Crippen LogP contribution in [0, 0.1) is 0 Å². The number of benzene rings is 1. The number of aromatic nitrogens is 4. The number of hydrogen-bond acceptors (Lipinski definition) is 6. The number of imidazole rings is 1. The summed E-state index contributed by atoms with van der Waals surface area (Å²) < 4.78 is 35.2. The number of nitrogens with zero attached hydrogens (tertiary/aromatic N) is 4. The Morgan fingerprint density at radius 3 is 2.46 bits per heavy atom. The van der Waals surface area contributed by atoms with Crippen molar-refractivity contribution < 1.29 is 17.9 Å². The molecular formula is C25H29N5O4S. The van der Waals surface area contributed by atoms with E-state index in [1.807, 2.05) is 20.8 Å². The molecule has 1 saturated carbocycles. The summed E-state index contributed by atoms with van der Waals surface area (Å²) in [6, 6.07) is 10.4.